The van der Waals surface area contributed by atoms with Crippen molar-refractivity contribution in [2.24, 2.45) is 11.8 Å². The molecule has 2 heterocycles. The van der Waals surface area contributed by atoms with Crippen molar-refractivity contribution in [2.45, 2.75) is 26.7 Å². The Labute approximate surface area is 139 Å². The molecule has 0 unspecified atom stereocenters. The van der Waals surface area contributed by atoms with Crippen LogP contribution in [-0.2, 0) is 9.59 Å². The molecule has 0 atom stereocenters. The lowest BCUT2D eigenvalue weighted by Crippen LogP contribution is -2.40. The second kappa shape index (κ2) is 6.12. The van der Waals surface area contributed by atoms with Crippen molar-refractivity contribution in [1.82, 2.24) is 14.8 Å². The Morgan fingerprint density at radius 1 is 1.39 bits per heavy atom. The van der Waals surface area contributed by atoms with Gasteiger partial charge in [-0.25, -0.2) is 9.58 Å². The van der Waals surface area contributed by atoms with Gasteiger partial charge in [-0.15, -0.1) is 0 Å². The Morgan fingerprint density at radius 2 is 2.13 bits per heavy atom. The average molecular weight is 333 g/mol. The van der Waals surface area contributed by atoms with Gasteiger partial charge in [0.05, 0.1) is 18.1 Å². The first-order chi connectivity index (χ1) is 11.0. The third-order valence-corrected chi connectivity index (χ3v) is 3.93. The maximum Gasteiger partial charge on any atom is 0.237 e. The highest BCUT2D eigenvalue weighted by Gasteiger charge is 2.39. The molecule has 0 radical (unpaired) electrons. The van der Waals surface area contributed by atoms with Gasteiger partial charge in [0.15, 0.2) is 5.15 Å². The molecule has 7 heteroatoms. The van der Waals surface area contributed by atoms with Gasteiger partial charge in [0.2, 0.25) is 11.8 Å². The van der Waals surface area contributed by atoms with E-state index in [-0.39, 0.29) is 28.8 Å². The topological polar surface area (TPSA) is 68.1 Å². The lowest BCUT2D eigenvalue weighted by atomic mass is 10.1. The van der Waals surface area contributed by atoms with Crippen LogP contribution in [0.2, 0.25) is 5.15 Å². The fraction of sp³-hybridized carbons (Fsp3) is 0.375. The van der Waals surface area contributed by atoms with Crippen LogP contribution in [0.1, 0.15) is 26.7 Å². The third kappa shape index (κ3) is 3.12. The average Bonchev–Trinajstić information content (AvgIpc) is 3.32. The molecule has 0 spiro atoms. The summed E-state index contributed by atoms with van der Waals surface area (Å²) in [6.45, 7) is 3.52. The molecular formula is C16H17ClN4O2. The van der Waals surface area contributed by atoms with Gasteiger partial charge in [0.1, 0.15) is 5.69 Å². The number of pyridine rings is 1. The molecule has 2 amide bonds. The van der Waals surface area contributed by atoms with Crippen LogP contribution < -0.4 is 4.90 Å². The number of hydrogen-bond acceptors (Lipinski definition) is 4. The van der Waals surface area contributed by atoms with Crippen molar-refractivity contribution < 1.29 is 9.59 Å². The molecule has 6 nitrogen and oxygen atoms in total. The van der Waals surface area contributed by atoms with Gasteiger partial charge in [-0.2, -0.15) is 5.10 Å². The second-order valence-electron chi connectivity index (χ2n) is 5.90. The Bertz CT molecular complexity index is 724. The van der Waals surface area contributed by atoms with Gasteiger partial charge in [-0.05, 0) is 25.0 Å². The maximum absolute atomic E-state index is 12.5. The number of nitrogens with zero attached hydrogens (tertiary/aromatic N) is 4. The van der Waals surface area contributed by atoms with E-state index in [1.54, 1.807) is 38.5 Å². The minimum atomic E-state index is -0.310. The highest BCUT2D eigenvalue weighted by Crippen LogP contribution is 2.35. The van der Waals surface area contributed by atoms with E-state index in [1.165, 1.54) is 9.58 Å². The Kier molecular flexibility index (Phi) is 4.17. The molecule has 2 aromatic heterocycles. The monoisotopic (exact) mass is 332 g/mol. The van der Waals surface area contributed by atoms with Crippen LogP contribution in [0.5, 0.6) is 0 Å². The summed E-state index contributed by atoms with van der Waals surface area (Å²) in [5.74, 6) is -0.864. The van der Waals surface area contributed by atoms with Gasteiger partial charge in [-0.1, -0.05) is 25.4 Å². The first kappa shape index (κ1) is 15.7. The lowest BCUT2D eigenvalue weighted by molar-refractivity contribution is -0.128. The molecule has 0 aliphatic heterocycles. The molecule has 0 bridgehead atoms. The maximum atomic E-state index is 12.5. The molecule has 2 aromatic rings. The van der Waals surface area contributed by atoms with Crippen molar-refractivity contribution in [2.75, 3.05) is 4.90 Å². The van der Waals surface area contributed by atoms with E-state index in [4.69, 9.17) is 11.6 Å². The number of aromatic nitrogens is 3. The van der Waals surface area contributed by atoms with Crippen molar-refractivity contribution in [3.8, 4) is 5.69 Å². The van der Waals surface area contributed by atoms with E-state index >= 15 is 0 Å². The highest BCUT2D eigenvalue weighted by molar-refractivity contribution is 6.34. The second-order valence-corrected chi connectivity index (χ2v) is 6.26. The third-order valence-electron chi connectivity index (χ3n) is 3.66. The molecule has 23 heavy (non-hydrogen) atoms. The predicted molar refractivity (Wildman–Crippen MR) is 86.4 cm³/mol. The molecule has 0 aromatic carbocycles. The summed E-state index contributed by atoms with van der Waals surface area (Å²) in [5, 5.41) is 4.32. The summed E-state index contributed by atoms with van der Waals surface area (Å²) in [6.07, 6.45) is 6.51. The zero-order chi connectivity index (χ0) is 16.6. The number of amides is 2. The van der Waals surface area contributed by atoms with E-state index in [0.717, 1.165) is 12.8 Å². The number of imide groups is 1. The van der Waals surface area contributed by atoms with E-state index < -0.39 is 0 Å². The van der Waals surface area contributed by atoms with Crippen molar-refractivity contribution in [3.05, 3.63) is 35.9 Å². The summed E-state index contributed by atoms with van der Waals surface area (Å²) in [7, 11) is 0. The van der Waals surface area contributed by atoms with Gasteiger partial charge in [0.25, 0.3) is 0 Å². The van der Waals surface area contributed by atoms with E-state index in [1.807, 2.05) is 6.07 Å². The van der Waals surface area contributed by atoms with Crippen molar-refractivity contribution in [1.29, 1.82) is 0 Å². The lowest BCUT2D eigenvalue weighted by Gasteiger charge is -2.21. The zero-order valence-electron chi connectivity index (χ0n) is 12.9. The minimum Gasteiger partial charge on any atom is -0.274 e. The molecule has 3 rings (SSSR count). The Morgan fingerprint density at radius 3 is 2.70 bits per heavy atom. The number of carbonyl (C=O) groups excluding carboxylic acids is 2. The van der Waals surface area contributed by atoms with Crippen LogP contribution in [0.4, 0.5) is 5.69 Å². The predicted octanol–water partition coefficient (Wildman–Crippen LogP) is 2.85. The molecular weight excluding hydrogens is 316 g/mol. The van der Waals surface area contributed by atoms with E-state index in [2.05, 4.69) is 10.1 Å². The zero-order valence-corrected chi connectivity index (χ0v) is 13.7. The minimum absolute atomic E-state index is 0.0875. The molecule has 0 saturated heterocycles. The molecule has 1 fully saturated rings. The smallest absolute Gasteiger partial charge is 0.237 e. The molecule has 1 saturated carbocycles. The number of anilines is 1. The van der Waals surface area contributed by atoms with Crippen molar-refractivity contribution in [3.63, 3.8) is 0 Å². The summed E-state index contributed by atoms with van der Waals surface area (Å²) >= 11 is 6.21. The number of halogens is 1. The molecule has 1 aliphatic rings. The summed E-state index contributed by atoms with van der Waals surface area (Å²) in [6, 6.07) is 3.59. The van der Waals surface area contributed by atoms with Crippen LogP contribution >= 0.6 is 11.6 Å². The van der Waals surface area contributed by atoms with Crippen LogP contribution in [-0.4, -0.2) is 26.6 Å². The highest BCUT2D eigenvalue weighted by atomic mass is 35.5. The first-order valence-corrected chi connectivity index (χ1v) is 7.90. The fourth-order valence-electron chi connectivity index (χ4n) is 2.23. The van der Waals surface area contributed by atoms with Crippen molar-refractivity contribution >= 4 is 29.1 Å². The summed E-state index contributed by atoms with van der Waals surface area (Å²) in [4.78, 5) is 30.3. The Hall–Kier alpha value is -2.21. The summed E-state index contributed by atoms with van der Waals surface area (Å²) in [5.41, 5.74) is 1.03. The number of rotatable bonds is 4. The largest absolute Gasteiger partial charge is 0.274 e. The molecule has 1 aliphatic carbocycles. The van der Waals surface area contributed by atoms with Gasteiger partial charge < -0.3 is 0 Å². The van der Waals surface area contributed by atoms with Crippen LogP contribution in [0.15, 0.2) is 30.7 Å². The SMILES string of the molecule is CC(C)C(=O)N(C(=O)C1CC1)c1cn(-c2cccnc2)nc1Cl. The van der Waals surface area contributed by atoms with Crippen LogP contribution in [0, 0.1) is 11.8 Å². The van der Waals surface area contributed by atoms with Crippen LogP contribution in [0.3, 0.4) is 0 Å². The first-order valence-electron chi connectivity index (χ1n) is 7.52. The van der Waals surface area contributed by atoms with E-state index in [0.29, 0.717) is 11.4 Å². The van der Waals surface area contributed by atoms with E-state index in [9.17, 15) is 9.59 Å². The van der Waals surface area contributed by atoms with Gasteiger partial charge >= 0.3 is 0 Å². The molecule has 0 N–H and O–H groups in total. The normalized spacial score (nSPS) is 14.1. The van der Waals surface area contributed by atoms with Gasteiger partial charge in [0, 0.05) is 18.0 Å². The summed E-state index contributed by atoms with van der Waals surface area (Å²) < 4.78 is 1.52. The number of hydrogen-bond donors (Lipinski definition) is 0. The molecule has 120 valence electrons. The fourth-order valence-corrected chi connectivity index (χ4v) is 2.45. The standard InChI is InChI=1S/C16H17ClN4O2/c1-10(2)15(22)21(16(23)11-5-6-11)13-9-20(19-14(13)17)12-4-3-7-18-8-12/h3-4,7-11H,5-6H2,1-2H3. The quantitative estimate of drug-likeness (QED) is 0.863. The number of carbonyl (C=O) groups is 2. The van der Waals surface area contributed by atoms with Crippen LogP contribution in [0.25, 0.3) is 5.69 Å². The Balaban J connectivity index is 2.01. The van der Waals surface area contributed by atoms with Gasteiger partial charge in [-0.3, -0.25) is 14.6 Å².